The fraction of sp³-hybridized carbons (Fsp3) is 0.200. The van der Waals surface area contributed by atoms with E-state index in [9.17, 15) is 0 Å². The second-order valence-corrected chi connectivity index (χ2v) is 3.78. The minimum Gasteiger partial charge on any atom is -0.239 e. The van der Waals surface area contributed by atoms with E-state index in [4.69, 9.17) is 0 Å². The van der Waals surface area contributed by atoms with Gasteiger partial charge in [0.05, 0.1) is 0 Å². The van der Waals surface area contributed by atoms with E-state index >= 15 is 0 Å². The van der Waals surface area contributed by atoms with Gasteiger partial charge in [-0.15, -0.1) is 0 Å². The molecule has 0 unspecified atom stereocenters. The van der Waals surface area contributed by atoms with Crippen molar-refractivity contribution in [1.29, 1.82) is 0 Å². The molecule has 1 aromatic carbocycles. The van der Waals surface area contributed by atoms with E-state index in [-0.39, 0.29) is 0 Å². The van der Waals surface area contributed by atoms with Crippen LogP contribution in [0.2, 0.25) is 0 Å². The molecule has 0 bridgehead atoms. The lowest BCUT2D eigenvalue weighted by Crippen LogP contribution is -2.10. The van der Waals surface area contributed by atoms with E-state index in [1.165, 1.54) is 5.56 Å². The van der Waals surface area contributed by atoms with Crippen LogP contribution in [0.1, 0.15) is 5.56 Å². The standard InChI is InChI=1S/C10H11NS/c1-2-5-10(6-3-1)9-11-7-4-8-12-11/h1-6,8H,7,9H2. The fourth-order valence-corrected chi connectivity index (χ4v) is 1.96. The monoisotopic (exact) mass is 177 g/mol. The zero-order chi connectivity index (χ0) is 8.23. The summed E-state index contributed by atoms with van der Waals surface area (Å²) in [5, 5.41) is 2.14. The fourth-order valence-electron chi connectivity index (χ4n) is 1.22. The SMILES string of the molecule is C1=CSN(Cc2ccccc2)C1. The molecule has 62 valence electrons. The lowest BCUT2D eigenvalue weighted by atomic mass is 10.2. The van der Waals surface area contributed by atoms with Gasteiger partial charge in [0.15, 0.2) is 0 Å². The van der Waals surface area contributed by atoms with Crippen molar-refractivity contribution in [1.82, 2.24) is 4.31 Å². The topological polar surface area (TPSA) is 3.24 Å². The summed E-state index contributed by atoms with van der Waals surface area (Å²) in [5.74, 6) is 0. The van der Waals surface area contributed by atoms with Crippen molar-refractivity contribution >= 4 is 11.9 Å². The molecule has 0 aromatic heterocycles. The van der Waals surface area contributed by atoms with Gasteiger partial charge < -0.3 is 0 Å². The molecule has 2 rings (SSSR count). The van der Waals surface area contributed by atoms with E-state index in [1.807, 2.05) is 0 Å². The van der Waals surface area contributed by atoms with Gasteiger partial charge in [0.25, 0.3) is 0 Å². The van der Waals surface area contributed by atoms with Gasteiger partial charge >= 0.3 is 0 Å². The molecule has 1 heterocycles. The van der Waals surface area contributed by atoms with Crippen LogP contribution in [0.25, 0.3) is 0 Å². The van der Waals surface area contributed by atoms with Crippen LogP contribution in [-0.4, -0.2) is 10.8 Å². The van der Waals surface area contributed by atoms with Gasteiger partial charge in [-0.05, 0) is 22.9 Å². The molecule has 1 aliphatic heterocycles. The van der Waals surface area contributed by atoms with Crippen LogP contribution >= 0.6 is 11.9 Å². The molecule has 0 atom stereocenters. The molecule has 12 heavy (non-hydrogen) atoms. The van der Waals surface area contributed by atoms with Crippen LogP contribution in [0, 0.1) is 0 Å². The third-order valence-electron chi connectivity index (χ3n) is 1.82. The molecule has 0 saturated heterocycles. The number of rotatable bonds is 2. The van der Waals surface area contributed by atoms with Gasteiger partial charge in [0.1, 0.15) is 0 Å². The summed E-state index contributed by atoms with van der Waals surface area (Å²) in [6.45, 7) is 2.11. The van der Waals surface area contributed by atoms with Crippen molar-refractivity contribution in [3.8, 4) is 0 Å². The number of nitrogens with zero attached hydrogens (tertiary/aromatic N) is 1. The maximum Gasteiger partial charge on any atom is 0.0347 e. The molecule has 0 radical (unpaired) electrons. The van der Waals surface area contributed by atoms with Gasteiger partial charge in [-0.2, -0.15) is 0 Å². The molecule has 0 saturated carbocycles. The molecule has 0 N–H and O–H groups in total. The van der Waals surface area contributed by atoms with Crippen molar-refractivity contribution in [2.75, 3.05) is 6.54 Å². The van der Waals surface area contributed by atoms with Gasteiger partial charge in [-0.1, -0.05) is 36.4 Å². The Kier molecular flexibility index (Phi) is 2.49. The van der Waals surface area contributed by atoms with Crippen LogP contribution < -0.4 is 0 Å². The Bertz CT molecular complexity index is 260. The van der Waals surface area contributed by atoms with E-state index < -0.39 is 0 Å². The first-order chi connectivity index (χ1) is 5.95. The maximum atomic E-state index is 2.33. The smallest absolute Gasteiger partial charge is 0.0347 e. The van der Waals surface area contributed by atoms with Crippen LogP contribution in [0.5, 0.6) is 0 Å². The van der Waals surface area contributed by atoms with Crippen molar-refractivity contribution in [3.05, 3.63) is 47.4 Å². The highest BCUT2D eigenvalue weighted by Gasteiger charge is 2.06. The second kappa shape index (κ2) is 3.78. The first kappa shape index (κ1) is 7.90. The van der Waals surface area contributed by atoms with Crippen molar-refractivity contribution < 1.29 is 0 Å². The molecule has 1 nitrogen and oxygen atoms in total. The zero-order valence-corrected chi connectivity index (χ0v) is 7.63. The minimum absolute atomic E-state index is 1.04. The second-order valence-electron chi connectivity index (χ2n) is 2.79. The molecular formula is C10H11NS. The lowest BCUT2D eigenvalue weighted by molar-refractivity contribution is 0.527. The summed E-state index contributed by atoms with van der Waals surface area (Å²) >= 11 is 1.79. The van der Waals surface area contributed by atoms with Gasteiger partial charge in [0.2, 0.25) is 0 Å². The number of benzene rings is 1. The normalized spacial score (nSPS) is 17.0. The molecule has 1 aliphatic rings. The van der Waals surface area contributed by atoms with Crippen LogP contribution in [0.15, 0.2) is 41.8 Å². The average Bonchev–Trinajstić information content (AvgIpc) is 2.59. The van der Waals surface area contributed by atoms with E-state index in [1.54, 1.807) is 11.9 Å². The van der Waals surface area contributed by atoms with Crippen LogP contribution in [0.4, 0.5) is 0 Å². The van der Waals surface area contributed by atoms with E-state index in [0.717, 1.165) is 13.1 Å². The summed E-state index contributed by atoms with van der Waals surface area (Å²) in [6, 6.07) is 10.6. The highest BCUT2D eigenvalue weighted by atomic mass is 32.2. The molecule has 0 spiro atoms. The Labute approximate surface area is 77.2 Å². The number of hydrogen-bond donors (Lipinski definition) is 0. The van der Waals surface area contributed by atoms with Crippen LogP contribution in [-0.2, 0) is 6.54 Å². The summed E-state index contributed by atoms with van der Waals surface area (Å²) in [5.41, 5.74) is 1.38. The van der Waals surface area contributed by atoms with E-state index in [2.05, 4.69) is 46.1 Å². The third kappa shape index (κ3) is 1.90. The molecule has 0 amide bonds. The Morgan fingerprint density at radius 3 is 2.75 bits per heavy atom. The molecule has 0 fully saturated rings. The van der Waals surface area contributed by atoms with Gasteiger partial charge in [-0.3, -0.25) is 0 Å². The first-order valence-corrected chi connectivity index (χ1v) is 4.89. The van der Waals surface area contributed by atoms with Crippen molar-refractivity contribution in [2.24, 2.45) is 0 Å². The van der Waals surface area contributed by atoms with E-state index in [0.29, 0.717) is 0 Å². The summed E-state index contributed by atoms with van der Waals surface area (Å²) in [7, 11) is 0. The quantitative estimate of drug-likeness (QED) is 0.639. The maximum absolute atomic E-state index is 2.33. The predicted octanol–water partition coefficient (Wildman–Crippen LogP) is 2.66. The van der Waals surface area contributed by atoms with Crippen LogP contribution in [0.3, 0.4) is 0 Å². The van der Waals surface area contributed by atoms with Crippen molar-refractivity contribution in [2.45, 2.75) is 6.54 Å². The molecule has 0 aliphatic carbocycles. The van der Waals surface area contributed by atoms with Gasteiger partial charge in [-0.25, -0.2) is 4.31 Å². The zero-order valence-electron chi connectivity index (χ0n) is 6.81. The predicted molar refractivity (Wildman–Crippen MR) is 53.6 cm³/mol. The summed E-state index contributed by atoms with van der Waals surface area (Å²) in [4.78, 5) is 0. The molecule has 2 heteroatoms. The Morgan fingerprint density at radius 2 is 2.08 bits per heavy atom. The minimum atomic E-state index is 1.04. The Balaban J connectivity index is 1.95. The largest absolute Gasteiger partial charge is 0.239 e. The summed E-state index contributed by atoms with van der Waals surface area (Å²) < 4.78 is 2.33. The summed E-state index contributed by atoms with van der Waals surface area (Å²) in [6.07, 6.45) is 2.19. The highest BCUT2D eigenvalue weighted by Crippen LogP contribution is 2.20. The molecule has 1 aromatic rings. The lowest BCUT2D eigenvalue weighted by Gasteiger charge is -2.12. The van der Waals surface area contributed by atoms with Crippen molar-refractivity contribution in [3.63, 3.8) is 0 Å². The third-order valence-corrected chi connectivity index (χ3v) is 2.71. The average molecular weight is 177 g/mol. The first-order valence-electron chi connectivity index (χ1n) is 4.06. The Hall–Kier alpha value is -0.730. The Morgan fingerprint density at radius 1 is 1.25 bits per heavy atom. The van der Waals surface area contributed by atoms with Gasteiger partial charge in [0, 0.05) is 13.1 Å². The number of hydrogen-bond acceptors (Lipinski definition) is 2. The molecular weight excluding hydrogens is 166 g/mol. The highest BCUT2D eigenvalue weighted by molar-refractivity contribution is 8.00.